The van der Waals surface area contributed by atoms with E-state index in [0.717, 1.165) is 6.08 Å². The summed E-state index contributed by atoms with van der Waals surface area (Å²) in [7, 11) is 0. The van der Waals surface area contributed by atoms with Crippen molar-refractivity contribution in [3.05, 3.63) is 11.6 Å². The third-order valence-electron chi connectivity index (χ3n) is 0.621. The molecule has 52 valence electrons. The van der Waals surface area contributed by atoms with Crippen LogP contribution in [0.1, 0.15) is 24.8 Å². The second-order valence-electron chi connectivity index (χ2n) is 1.58. The molecule has 0 unspecified atom stereocenters. The predicted molar refractivity (Wildman–Crippen MR) is 36.1 cm³/mol. The molecule has 0 saturated carbocycles. The minimum absolute atomic E-state index is 0.0425. The van der Waals surface area contributed by atoms with Crippen LogP contribution in [0, 0.1) is 0 Å². The van der Waals surface area contributed by atoms with Gasteiger partial charge in [0.25, 0.3) is 0 Å². The molecule has 0 amide bonds. The lowest BCUT2D eigenvalue weighted by Crippen LogP contribution is -1.99. The fourth-order valence-electron chi connectivity index (χ4n) is 0.361. The second kappa shape index (κ2) is 4.13. The van der Waals surface area contributed by atoms with Crippen molar-refractivity contribution in [3.63, 3.8) is 0 Å². The van der Waals surface area contributed by atoms with Crippen LogP contribution in [-0.2, 0) is 9.53 Å². The van der Waals surface area contributed by atoms with E-state index in [0.29, 0.717) is 0 Å². The highest BCUT2D eigenvalue weighted by Gasteiger charge is 1.92. The molecule has 0 aliphatic carbocycles. The third kappa shape index (κ3) is 5.07. The summed E-state index contributed by atoms with van der Waals surface area (Å²) in [5, 5.41) is 0. The van der Waals surface area contributed by atoms with Gasteiger partial charge in [0.2, 0.25) is 0 Å². The lowest BCUT2D eigenvalue weighted by Gasteiger charge is -1.94. The summed E-state index contributed by atoms with van der Waals surface area (Å²) in [6, 6.07) is 0. The Morgan fingerprint density at radius 2 is 2.56 bits per heavy atom. The lowest BCUT2D eigenvalue weighted by molar-refractivity contribution is -0.137. The monoisotopic (exact) mass is 131 g/mol. The van der Waals surface area contributed by atoms with E-state index >= 15 is 0 Å². The maximum Gasteiger partial charge on any atom is 0.330 e. The normalized spacial score (nSPS) is 17.6. The summed E-state index contributed by atoms with van der Waals surface area (Å²) in [6.45, 7) is 1.09. The summed E-state index contributed by atoms with van der Waals surface area (Å²) in [4.78, 5) is 10.8. The van der Waals surface area contributed by atoms with Gasteiger partial charge in [-0.05, 0) is 20.7 Å². The molecule has 2 heteroatoms. The van der Waals surface area contributed by atoms with Gasteiger partial charge < -0.3 is 4.74 Å². The molecule has 0 bridgehead atoms. The number of rotatable bonds is 2. The number of carbonyl (C=O) groups excluding carboxylic acids is 1. The first-order valence-corrected chi connectivity index (χ1v) is 2.73. The summed E-state index contributed by atoms with van der Waals surface area (Å²) >= 11 is 0. The average molecular weight is 131 g/mol. The summed E-state index contributed by atoms with van der Waals surface area (Å²) < 4.78 is 25.3. The van der Waals surface area contributed by atoms with Gasteiger partial charge in [-0.15, -0.1) is 0 Å². The molecule has 9 heavy (non-hydrogen) atoms. The number of hydrogen-bond donors (Lipinski definition) is 0. The molecule has 0 fully saturated rings. The number of esters is 1. The van der Waals surface area contributed by atoms with Crippen LogP contribution in [-0.4, -0.2) is 12.6 Å². The summed E-state index contributed by atoms with van der Waals surface area (Å²) in [5.74, 6) is -0.605. The zero-order chi connectivity index (χ0) is 9.78. The highest BCUT2D eigenvalue weighted by atomic mass is 16.5. The average Bonchev–Trinajstić information content (AvgIpc) is 1.85. The Kier molecular flexibility index (Phi) is 1.88. The van der Waals surface area contributed by atoms with Crippen molar-refractivity contribution in [1.82, 2.24) is 0 Å². The largest absolute Gasteiger partial charge is 0.463 e. The first-order chi connectivity index (χ1) is 5.38. The van der Waals surface area contributed by atoms with E-state index in [1.807, 2.05) is 0 Å². The number of carbonyl (C=O) groups is 1. The molecule has 0 rings (SSSR count). The van der Waals surface area contributed by atoms with Gasteiger partial charge >= 0.3 is 5.97 Å². The fraction of sp³-hybridized carbons (Fsp3) is 0.571. The quantitative estimate of drug-likeness (QED) is 0.419. The van der Waals surface area contributed by atoms with E-state index in [9.17, 15) is 4.79 Å². The van der Waals surface area contributed by atoms with Gasteiger partial charge in [0.1, 0.15) is 0 Å². The van der Waals surface area contributed by atoms with Gasteiger partial charge in [0, 0.05) is 10.2 Å². The summed E-state index contributed by atoms with van der Waals surface area (Å²) in [5.41, 5.74) is 0.0425. The molecule has 0 atom stereocenters. The molecular formula is C7H12O2. The van der Waals surface area contributed by atoms with Crippen molar-refractivity contribution in [2.24, 2.45) is 0 Å². The van der Waals surface area contributed by atoms with Gasteiger partial charge in [-0.3, -0.25) is 0 Å². The van der Waals surface area contributed by atoms with Gasteiger partial charge in [-0.1, -0.05) is 5.57 Å². The minimum atomic E-state index is -2.20. The van der Waals surface area contributed by atoms with Gasteiger partial charge in [0.15, 0.2) is 0 Å². The van der Waals surface area contributed by atoms with Crippen LogP contribution >= 0.6 is 0 Å². The smallest absolute Gasteiger partial charge is 0.330 e. The molecule has 0 spiro atoms. The standard InChI is InChI=1S/C7H12O2/c1-4-9-7(8)5-6(2)3/h5H,4H2,1-3H3/i2D3/b6-5+. The Labute approximate surface area is 59.7 Å². The van der Waals surface area contributed by atoms with Crippen molar-refractivity contribution in [2.75, 3.05) is 6.61 Å². The van der Waals surface area contributed by atoms with Crippen LogP contribution < -0.4 is 0 Å². The van der Waals surface area contributed by atoms with Crippen LogP contribution in [0.25, 0.3) is 0 Å². The molecule has 0 heterocycles. The molecule has 0 aromatic rings. The zero-order valence-electron chi connectivity index (χ0n) is 8.60. The molecule has 0 aromatic carbocycles. The number of ether oxygens (including phenoxy) is 1. The Morgan fingerprint density at radius 3 is 3.00 bits per heavy atom. The molecule has 0 aliphatic rings. The van der Waals surface area contributed by atoms with Gasteiger partial charge in [-0.2, -0.15) is 0 Å². The minimum Gasteiger partial charge on any atom is -0.463 e. The Bertz CT molecular complexity index is 193. The van der Waals surface area contributed by atoms with E-state index in [-0.39, 0.29) is 12.2 Å². The molecule has 2 nitrogen and oxygen atoms in total. The predicted octanol–water partition coefficient (Wildman–Crippen LogP) is 1.52. The first-order valence-electron chi connectivity index (χ1n) is 4.23. The maximum absolute atomic E-state index is 10.8. The van der Waals surface area contributed by atoms with Crippen molar-refractivity contribution in [2.45, 2.75) is 20.7 Å². The molecular weight excluding hydrogens is 116 g/mol. The lowest BCUT2D eigenvalue weighted by atomic mass is 10.3. The SMILES string of the molecule is [2H]C([2H])([2H])/C(C)=C\C(=O)OCC. The molecule has 0 aliphatic heterocycles. The van der Waals surface area contributed by atoms with E-state index < -0.39 is 12.8 Å². The highest BCUT2D eigenvalue weighted by molar-refractivity contribution is 5.82. The molecule has 0 aromatic heterocycles. The molecule has 0 N–H and O–H groups in total. The van der Waals surface area contributed by atoms with Crippen LogP contribution in [0.5, 0.6) is 0 Å². The first kappa shape index (κ1) is 4.09. The second-order valence-corrected chi connectivity index (χ2v) is 1.58. The highest BCUT2D eigenvalue weighted by Crippen LogP contribution is 1.89. The van der Waals surface area contributed by atoms with Gasteiger partial charge in [0.05, 0.1) is 6.61 Å². The molecule has 0 saturated heterocycles. The van der Waals surface area contributed by atoms with Crippen LogP contribution in [0.4, 0.5) is 0 Å². The Balaban J connectivity index is 4.26. The summed E-state index contributed by atoms with van der Waals surface area (Å²) in [6.07, 6.45) is 0.997. The third-order valence-corrected chi connectivity index (χ3v) is 0.621. The zero-order valence-corrected chi connectivity index (χ0v) is 5.60. The fourth-order valence-corrected chi connectivity index (χ4v) is 0.361. The van der Waals surface area contributed by atoms with Crippen LogP contribution in [0.2, 0.25) is 0 Å². The van der Waals surface area contributed by atoms with Crippen molar-refractivity contribution in [3.8, 4) is 0 Å². The van der Waals surface area contributed by atoms with E-state index in [1.165, 1.54) is 6.92 Å². The topological polar surface area (TPSA) is 26.3 Å². The Morgan fingerprint density at radius 1 is 1.89 bits per heavy atom. The van der Waals surface area contributed by atoms with Crippen molar-refractivity contribution < 1.29 is 13.6 Å². The van der Waals surface area contributed by atoms with Crippen molar-refractivity contribution in [1.29, 1.82) is 0 Å². The Hall–Kier alpha value is -0.790. The number of allylic oxidation sites excluding steroid dienone is 1. The van der Waals surface area contributed by atoms with E-state index in [2.05, 4.69) is 4.74 Å². The van der Waals surface area contributed by atoms with Gasteiger partial charge in [-0.25, -0.2) is 4.79 Å². The van der Waals surface area contributed by atoms with Crippen molar-refractivity contribution >= 4 is 5.97 Å². The van der Waals surface area contributed by atoms with Crippen LogP contribution in [0.3, 0.4) is 0 Å². The number of hydrogen-bond acceptors (Lipinski definition) is 2. The van der Waals surface area contributed by atoms with Crippen LogP contribution in [0.15, 0.2) is 11.6 Å². The van der Waals surface area contributed by atoms with E-state index in [4.69, 9.17) is 4.11 Å². The van der Waals surface area contributed by atoms with E-state index in [1.54, 1.807) is 6.92 Å². The maximum atomic E-state index is 10.8. The molecule has 0 radical (unpaired) electrons.